The second-order valence-corrected chi connectivity index (χ2v) is 7.49. The fourth-order valence-electron chi connectivity index (χ4n) is 2.01. The summed E-state index contributed by atoms with van der Waals surface area (Å²) in [5, 5.41) is 1.17. The lowest BCUT2D eigenvalue weighted by Crippen LogP contribution is -2.55. The summed E-state index contributed by atoms with van der Waals surface area (Å²) >= 11 is 0. The summed E-state index contributed by atoms with van der Waals surface area (Å²) in [6.07, 6.45) is 0. The summed E-state index contributed by atoms with van der Waals surface area (Å²) in [5.74, 6) is 0.872. The molecule has 0 aliphatic rings. The first-order valence-electron chi connectivity index (χ1n) is 6.15. The summed E-state index contributed by atoms with van der Waals surface area (Å²) in [5.41, 5.74) is 0. The van der Waals surface area contributed by atoms with Gasteiger partial charge in [-0.3, -0.25) is 0 Å². The number of rotatable bonds is 5. The molecule has 0 aliphatic carbocycles. The standard InChI is InChI=1S/C15H18O2Si/c1-3-18(16-2,15-12-8-5-9-13-15)17-14-10-6-4-7-11-14/h4-13H,3H2,1-2H3. The predicted molar refractivity (Wildman–Crippen MR) is 76.4 cm³/mol. The molecular weight excluding hydrogens is 240 g/mol. The van der Waals surface area contributed by atoms with Gasteiger partial charge < -0.3 is 8.85 Å². The van der Waals surface area contributed by atoms with Gasteiger partial charge in [0.05, 0.1) is 0 Å². The third kappa shape index (κ3) is 2.63. The summed E-state index contributed by atoms with van der Waals surface area (Å²) in [6.45, 7) is 2.12. The van der Waals surface area contributed by atoms with Crippen molar-refractivity contribution in [2.24, 2.45) is 0 Å². The zero-order valence-corrected chi connectivity index (χ0v) is 11.8. The zero-order chi connectivity index (χ0) is 12.8. The Kier molecular flexibility index (Phi) is 4.18. The van der Waals surface area contributed by atoms with Crippen molar-refractivity contribution in [2.45, 2.75) is 13.0 Å². The number of benzene rings is 2. The van der Waals surface area contributed by atoms with Crippen LogP contribution in [0.5, 0.6) is 5.75 Å². The molecule has 0 heterocycles. The molecule has 0 N–H and O–H groups in total. The molecule has 0 bridgehead atoms. The van der Waals surface area contributed by atoms with Crippen molar-refractivity contribution in [3.05, 3.63) is 60.7 Å². The van der Waals surface area contributed by atoms with Crippen LogP contribution in [-0.4, -0.2) is 15.7 Å². The van der Waals surface area contributed by atoms with E-state index in [-0.39, 0.29) is 0 Å². The second kappa shape index (κ2) is 5.84. The minimum absolute atomic E-state index is 0.872. The van der Waals surface area contributed by atoms with Crippen molar-refractivity contribution in [1.82, 2.24) is 0 Å². The van der Waals surface area contributed by atoms with Gasteiger partial charge >= 0.3 is 8.56 Å². The van der Waals surface area contributed by atoms with Crippen LogP contribution in [0.1, 0.15) is 6.92 Å². The SMILES string of the molecule is CC[Si](OC)(Oc1ccccc1)c1ccccc1. The van der Waals surface area contributed by atoms with Gasteiger partial charge in [0.1, 0.15) is 5.75 Å². The van der Waals surface area contributed by atoms with Gasteiger partial charge in [-0.2, -0.15) is 0 Å². The van der Waals surface area contributed by atoms with Crippen LogP contribution in [-0.2, 0) is 4.43 Å². The topological polar surface area (TPSA) is 18.5 Å². The average Bonchev–Trinajstić information content (AvgIpc) is 2.47. The smallest absolute Gasteiger partial charge is 0.433 e. The summed E-state index contributed by atoms with van der Waals surface area (Å²) in [6, 6.07) is 21.0. The van der Waals surface area contributed by atoms with Gasteiger partial charge in [0.2, 0.25) is 0 Å². The molecule has 1 atom stereocenters. The summed E-state index contributed by atoms with van der Waals surface area (Å²) in [7, 11) is -0.619. The highest BCUT2D eigenvalue weighted by Crippen LogP contribution is 2.19. The Morgan fingerprint density at radius 1 is 0.889 bits per heavy atom. The Labute approximate surface area is 109 Å². The van der Waals surface area contributed by atoms with E-state index in [2.05, 4.69) is 19.1 Å². The van der Waals surface area contributed by atoms with E-state index in [1.807, 2.05) is 48.5 Å². The van der Waals surface area contributed by atoms with Gasteiger partial charge in [0.25, 0.3) is 0 Å². The highest BCUT2D eigenvalue weighted by Gasteiger charge is 2.39. The molecule has 0 aliphatic heterocycles. The van der Waals surface area contributed by atoms with Crippen LogP contribution in [0.2, 0.25) is 6.04 Å². The van der Waals surface area contributed by atoms with E-state index in [0.717, 1.165) is 11.8 Å². The molecule has 18 heavy (non-hydrogen) atoms. The minimum Gasteiger partial charge on any atom is -0.517 e. The molecule has 2 aromatic rings. The molecule has 2 aromatic carbocycles. The van der Waals surface area contributed by atoms with Crippen LogP contribution in [0.3, 0.4) is 0 Å². The Bertz CT molecular complexity index is 466. The monoisotopic (exact) mass is 258 g/mol. The van der Waals surface area contributed by atoms with Gasteiger partial charge in [0.15, 0.2) is 0 Å². The number of hydrogen-bond donors (Lipinski definition) is 0. The van der Waals surface area contributed by atoms with E-state index in [1.54, 1.807) is 7.11 Å². The highest BCUT2D eigenvalue weighted by atomic mass is 28.4. The van der Waals surface area contributed by atoms with Crippen molar-refractivity contribution in [1.29, 1.82) is 0 Å². The maximum atomic E-state index is 6.20. The van der Waals surface area contributed by atoms with Crippen LogP contribution >= 0.6 is 0 Å². The van der Waals surface area contributed by atoms with Crippen LogP contribution in [0.4, 0.5) is 0 Å². The lowest BCUT2D eigenvalue weighted by Gasteiger charge is -2.28. The van der Waals surface area contributed by atoms with E-state index < -0.39 is 8.56 Å². The first kappa shape index (κ1) is 12.9. The van der Waals surface area contributed by atoms with Crippen molar-refractivity contribution in [3.8, 4) is 5.75 Å². The lowest BCUT2D eigenvalue weighted by atomic mass is 10.3. The lowest BCUT2D eigenvalue weighted by molar-refractivity contribution is 0.314. The molecule has 1 unspecified atom stereocenters. The largest absolute Gasteiger partial charge is 0.517 e. The Balaban J connectivity index is 2.33. The molecule has 0 aromatic heterocycles. The minimum atomic E-state index is -2.36. The van der Waals surface area contributed by atoms with E-state index >= 15 is 0 Å². The summed E-state index contributed by atoms with van der Waals surface area (Å²) in [4.78, 5) is 0. The van der Waals surface area contributed by atoms with E-state index in [0.29, 0.717) is 0 Å². The van der Waals surface area contributed by atoms with E-state index in [4.69, 9.17) is 8.85 Å². The first-order chi connectivity index (χ1) is 8.80. The van der Waals surface area contributed by atoms with Crippen LogP contribution in [0.15, 0.2) is 60.7 Å². The molecule has 0 spiro atoms. The Hall–Kier alpha value is -1.58. The predicted octanol–water partition coefficient (Wildman–Crippen LogP) is 3.08. The molecule has 2 rings (SSSR count). The number of para-hydroxylation sites is 1. The average molecular weight is 258 g/mol. The van der Waals surface area contributed by atoms with E-state index in [1.165, 1.54) is 5.19 Å². The second-order valence-electron chi connectivity index (χ2n) is 4.09. The first-order valence-corrected chi connectivity index (χ1v) is 8.18. The van der Waals surface area contributed by atoms with Gasteiger partial charge in [0, 0.05) is 18.3 Å². The van der Waals surface area contributed by atoms with Crippen molar-refractivity contribution in [3.63, 3.8) is 0 Å². The quantitative estimate of drug-likeness (QED) is 0.767. The van der Waals surface area contributed by atoms with Crippen LogP contribution in [0, 0.1) is 0 Å². The zero-order valence-electron chi connectivity index (χ0n) is 10.8. The molecule has 2 nitrogen and oxygen atoms in total. The fraction of sp³-hybridized carbons (Fsp3) is 0.200. The third-order valence-corrected chi connectivity index (χ3v) is 6.40. The molecule has 0 fully saturated rings. The summed E-state index contributed by atoms with van der Waals surface area (Å²) < 4.78 is 12.0. The maximum Gasteiger partial charge on any atom is 0.433 e. The normalized spacial score (nSPS) is 13.9. The van der Waals surface area contributed by atoms with Gasteiger partial charge in [-0.25, -0.2) is 0 Å². The molecule has 0 saturated heterocycles. The van der Waals surface area contributed by atoms with E-state index in [9.17, 15) is 0 Å². The Morgan fingerprint density at radius 3 is 1.94 bits per heavy atom. The van der Waals surface area contributed by atoms with Crippen LogP contribution in [0.25, 0.3) is 0 Å². The molecule has 94 valence electrons. The third-order valence-electron chi connectivity index (χ3n) is 3.03. The highest BCUT2D eigenvalue weighted by molar-refractivity contribution is 6.81. The number of hydrogen-bond acceptors (Lipinski definition) is 2. The van der Waals surface area contributed by atoms with Gasteiger partial charge in [-0.1, -0.05) is 55.5 Å². The molecule has 0 amide bonds. The molecule has 0 radical (unpaired) electrons. The van der Waals surface area contributed by atoms with Gasteiger partial charge in [-0.15, -0.1) is 0 Å². The van der Waals surface area contributed by atoms with Crippen molar-refractivity contribution < 1.29 is 8.85 Å². The fourth-order valence-corrected chi connectivity index (χ4v) is 4.51. The molecule has 3 heteroatoms. The van der Waals surface area contributed by atoms with Crippen LogP contribution < -0.4 is 9.61 Å². The van der Waals surface area contributed by atoms with Crippen molar-refractivity contribution >= 4 is 13.7 Å². The van der Waals surface area contributed by atoms with Gasteiger partial charge in [-0.05, 0) is 12.1 Å². The molecule has 0 saturated carbocycles. The molecular formula is C15H18O2Si. The Morgan fingerprint density at radius 2 is 1.44 bits per heavy atom. The van der Waals surface area contributed by atoms with Crippen molar-refractivity contribution in [2.75, 3.05) is 7.11 Å². The maximum absolute atomic E-state index is 6.20.